The first kappa shape index (κ1) is 27.8. The van der Waals surface area contributed by atoms with E-state index >= 15 is 0 Å². The Kier molecular flexibility index (Phi) is 10.8. The lowest BCUT2D eigenvalue weighted by molar-refractivity contribution is -0.141. The molecule has 0 aliphatic heterocycles. The summed E-state index contributed by atoms with van der Waals surface area (Å²) in [6.07, 6.45) is 1.22. The smallest absolute Gasteiger partial charge is 0.243 e. The summed E-state index contributed by atoms with van der Waals surface area (Å²) in [7, 11) is 0. The molecule has 7 heteroatoms. The lowest BCUT2D eigenvalue weighted by Crippen LogP contribution is -2.51. The van der Waals surface area contributed by atoms with Gasteiger partial charge < -0.3 is 15.0 Å². The standard InChI is InChI=1S/C29H32BrClN2O3/c1-21(2)32-29(35)27(19-22-8-4-3-5-9-22)33(20-23-10-6-11-24(30)18-23)28(34)12-7-17-36-26-15-13-25(31)14-16-26/h3-6,8-11,13-16,18,21,27H,7,12,17,19-20H2,1-2H3,(H,32,35)/t27-/m0/s1. The fraction of sp³-hybridized carbons (Fsp3) is 0.310. The molecule has 190 valence electrons. The van der Waals surface area contributed by atoms with Crippen LogP contribution in [-0.2, 0) is 22.6 Å². The molecule has 36 heavy (non-hydrogen) atoms. The highest BCUT2D eigenvalue weighted by atomic mass is 79.9. The first-order chi connectivity index (χ1) is 17.3. The van der Waals surface area contributed by atoms with Crippen molar-refractivity contribution in [1.82, 2.24) is 10.2 Å². The van der Waals surface area contributed by atoms with Gasteiger partial charge >= 0.3 is 0 Å². The van der Waals surface area contributed by atoms with Gasteiger partial charge in [-0.2, -0.15) is 0 Å². The zero-order chi connectivity index (χ0) is 25.9. The van der Waals surface area contributed by atoms with E-state index in [1.807, 2.05) is 68.4 Å². The zero-order valence-corrected chi connectivity index (χ0v) is 23.0. The summed E-state index contributed by atoms with van der Waals surface area (Å²) in [4.78, 5) is 28.6. The highest BCUT2D eigenvalue weighted by Gasteiger charge is 2.30. The number of ether oxygens (including phenoxy) is 1. The van der Waals surface area contributed by atoms with Crippen molar-refractivity contribution in [3.8, 4) is 5.75 Å². The van der Waals surface area contributed by atoms with E-state index in [4.69, 9.17) is 16.3 Å². The van der Waals surface area contributed by atoms with Crippen molar-refractivity contribution >= 4 is 39.3 Å². The SMILES string of the molecule is CC(C)NC(=O)[C@H](Cc1ccccc1)N(Cc1cccc(Br)c1)C(=O)CCCOc1ccc(Cl)cc1. The molecule has 0 heterocycles. The summed E-state index contributed by atoms with van der Waals surface area (Å²) in [6, 6.07) is 24.1. The van der Waals surface area contributed by atoms with Gasteiger partial charge in [0.15, 0.2) is 0 Å². The van der Waals surface area contributed by atoms with Crippen molar-refractivity contribution in [2.75, 3.05) is 6.61 Å². The van der Waals surface area contributed by atoms with E-state index in [0.717, 1.165) is 15.6 Å². The summed E-state index contributed by atoms with van der Waals surface area (Å²) < 4.78 is 6.69. The molecule has 0 bridgehead atoms. The Morgan fingerprint density at radius 2 is 1.67 bits per heavy atom. The summed E-state index contributed by atoms with van der Waals surface area (Å²) in [5.41, 5.74) is 1.95. The van der Waals surface area contributed by atoms with Gasteiger partial charge in [-0.25, -0.2) is 0 Å². The largest absolute Gasteiger partial charge is 0.494 e. The predicted octanol–water partition coefficient (Wildman–Crippen LogP) is 6.43. The minimum atomic E-state index is -0.640. The monoisotopic (exact) mass is 570 g/mol. The molecule has 3 aromatic carbocycles. The number of nitrogens with zero attached hydrogens (tertiary/aromatic N) is 1. The summed E-state index contributed by atoms with van der Waals surface area (Å²) in [5, 5.41) is 3.65. The molecular formula is C29H32BrClN2O3. The van der Waals surface area contributed by atoms with Crippen molar-refractivity contribution in [3.05, 3.63) is 99.5 Å². The number of amides is 2. The second kappa shape index (κ2) is 14.0. The van der Waals surface area contributed by atoms with Crippen molar-refractivity contribution in [2.45, 2.75) is 51.7 Å². The van der Waals surface area contributed by atoms with E-state index in [2.05, 4.69) is 21.2 Å². The van der Waals surface area contributed by atoms with Crippen LogP contribution in [-0.4, -0.2) is 35.4 Å². The highest BCUT2D eigenvalue weighted by Crippen LogP contribution is 2.20. The molecule has 0 unspecified atom stereocenters. The fourth-order valence-electron chi connectivity index (χ4n) is 3.85. The van der Waals surface area contributed by atoms with Crippen LogP contribution in [0.5, 0.6) is 5.75 Å². The fourth-order valence-corrected chi connectivity index (χ4v) is 4.43. The number of hydrogen-bond donors (Lipinski definition) is 1. The molecule has 3 aromatic rings. The molecule has 0 saturated carbocycles. The molecular weight excluding hydrogens is 540 g/mol. The third-order valence-corrected chi connectivity index (χ3v) is 6.31. The Balaban J connectivity index is 1.78. The first-order valence-electron chi connectivity index (χ1n) is 12.1. The van der Waals surface area contributed by atoms with Crippen LogP contribution < -0.4 is 10.1 Å². The molecule has 0 aromatic heterocycles. The van der Waals surface area contributed by atoms with E-state index < -0.39 is 6.04 Å². The Hall–Kier alpha value is -2.83. The normalized spacial score (nSPS) is 11.7. The molecule has 1 atom stereocenters. The second-order valence-corrected chi connectivity index (χ2v) is 10.3. The Bertz CT molecular complexity index is 1120. The van der Waals surface area contributed by atoms with Crippen LogP contribution in [0.15, 0.2) is 83.3 Å². The van der Waals surface area contributed by atoms with Crippen molar-refractivity contribution < 1.29 is 14.3 Å². The molecule has 0 fully saturated rings. The van der Waals surface area contributed by atoms with Crippen LogP contribution in [0.2, 0.25) is 5.02 Å². The van der Waals surface area contributed by atoms with E-state index in [1.165, 1.54) is 0 Å². The highest BCUT2D eigenvalue weighted by molar-refractivity contribution is 9.10. The molecule has 0 aliphatic carbocycles. The number of benzene rings is 3. The van der Waals surface area contributed by atoms with E-state index in [-0.39, 0.29) is 24.3 Å². The van der Waals surface area contributed by atoms with Gasteiger partial charge in [0.1, 0.15) is 11.8 Å². The molecule has 3 rings (SSSR count). The molecule has 1 N–H and O–H groups in total. The lowest BCUT2D eigenvalue weighted by Gasteiger charge is -2.32. The molecule has 0 spiro atoms. The van der Waals surface area contributed by atoms with Gasteiger partial charge in [-0.05, 0) is 67.8 Å². The van der Waals surface area contributed by atoms with Crippen LogP contribution >= 0.6 is 27.5 Å². The summed E-state index contributed by atoms with van der Waals surface area (Å²) in [6.45, 7) is 4.57. The summed E-state index contributed by atoms with van der Waals surface area (Å²) in [5.74, 6) is 0.459. The number of hydrogen-bond acceptors (Lipinski definition) is 3. The number of carbonyl (C=O) groups is 2. The Morgan fingerprint density at radius 1 is 0.972 bits per heavy atom. The first-order valence-corrected chi connectivity index (χ1v) is 13.3. The van der Waals surface area contributed by atoms with Gasteiger partial charge in [-0.15, -0.1) is 0 Å². The Labute approximate surface area is 226 Å². The molecule has 0 saturated heterocycles. The quantitative estimate of drug-likeness (QED) is 0.255. The van der Waals surface area contributed by atoms with Crippen LogP contribution in [0.4, 0.5) is 0 Å². The average Bonchev–Trinajstić information content (AvgIpc) is 2.85. The zero-order valence-electron chi connectivity index (χ0n) is 20.6. The van der Waals surface area contributed by atoms with Crippen molar-refractivity contribution in [2.24, 2.45) is 0 Å². The van der Waals surface area contributed by atoms with Crippen LogP contribution in [0, 0.1) is 0 Å². The van der Waals surface area contributed by atoms with Crippen LogP contribution in [0.25, 0.3) is 0 Å². The molecule has 0 aliphatic rings. The van der Waals surface area contributed by atoms with Crippen molar-refractivity contribution in [1.29, 1.82) is 0 Å². The third kappa shape index (κ3) is 8.99. The minimum Gasteiger partial charge on any atom is -0.494 e. The van der Waals surface area contributed by atoms with Crippen LogP contribution in [0.1, 0.15) is 37.8 Å². The molecule has 5 nitrogen and oxygen atoms in total. The van der Waals surface area contributed by atoms with Gasteiger partial charge in [-0.3, -0.25) is 9.59 Å². The minimum absolute atomic E-state index is 0.0358. The maximum absolute atomic E-state index is 13.6. The molecule has 2 amide bonds. The Morgan fingerprint density at radius 3 is 2.33 bits per heavy atom. The van der Waals surface area contributed by atoms with Gasteiger partial charge in [0.2, 0.25) is 11.8 Å². The van der Waals surface area contributed by atoms with E-state index in [9.17, 15) is 9.59 Å². The van der Waals surface area contributed by atoms with Crippen molar-refractivity contribution in [3.63, 3.8) is 0 Å². The lowest BCUT2D eigenvalue weighted by atomic mass is 10.0. The van der Waals surface area contributed by atoms with Gasteiger partial charge in [0, 0.05) is 34.9 Å². The third-order valence-electron chi connectivity index (χ3n) is 5.56. The van der Waals surface area contributed by atoms with E-state index in [1.54, 1.807) is 29.2 Å². The van der Waals surface area contributed by atoms with E-state index in [0.29, 0.717) is 36.8 Å². The number of halogens is 2. The van der Waals surface area contributed by atoms with Gasteiger partial charge in [0.25, 0.3) is 0 Å². The topological polar surface area (TPSA) is 58.6 Å². The maximum Gasteiger partial charge on any atom is 0.243 e. The van der Waals surface area contributed by atoms with Crippen LogP contribution in [0.3, 0.4) is 0 Å². The predicted molar refractivity (Wildman–Crippen MR) is 148 cm³/mol. The maximum atomic E-state index is 13.6. The summed E-state index contributed by atoms with van der Waals surface area (Å²) >= 11 is 9.44. The number of nitrogens with one attached hydrogen (secondary N) is 1. The molecule has 0 radical (unpaired) electrons. The average molecular weight is 572 g/mol. The second-order valence-electron chi connectivity index (χ2n) is 8.93. The number of rotatable bonds is 12. The van der Waals surface area contributed by atoms with Gasteiger partial charge in [-0.1, -0.05) is 70.0 Å². The number of carbonyl (C=O) groups excluding carboxylic acids is 2. The van der Waals surface area contributed by atoms with Gasteiger partial charge in [0.05, 0.1) is 6.61 Å².